The van der Waals surface area contributed by atoms with Gasteiger partial charge in [0.1, 0.15) is 5.82 Å². The summed E-state index contributed by atoms with van der Waals surface area (Å²) in [5.74, 6) is -0.884. The molecule has 1 aromatic carbocycles. The van der Waals surface area contributed by atoms with Crippen molar-refractivity contribution in [3.8, 4) is 0 Å². The number of hydrogen-bond acceptors (Lipinski definition) is 4. The number of Topliss-reactive ketones (excluding diaryl/α,β-unsaturated/α-hetero) is 1. The highest BCUT2D eigenvalue weighted by Gasteiger charge is 2.23. The minimum Gasteiger partial charge on any atom is -0.452 e. The summed E-state index contributed by atoms with van der Waals surface area (Å²) in [7, 11) is 0. The van der Waals surface area contributed by atoms with Crippen LogP contribution in [0.1, 0.15) is 44.5 Å². The summed E-state index contributed by atoms with van der Waals surface area (Å²) < 4.78 is 23.3. The summed E-state index contributed by atoms with van der Waals surface area (Å²) in [4.78, 5) is 23.9. The third-order valence-electron chi connectivity index (χ3n) is 3.19. The summed E-state index contributed by atoms with van der Waals surface area (Å²) in [6.07, 6.45) is -0.807. The molecule has 5 heteroatoms. The van der Waals surface area contributed by atoms with Crippen molar-refractivity contribution in [1.29, 1.82) is 0 Å². The summed E-state index contributed by atoms with van der Waals surface area (Å²) >= 11 is 0. The molecule has 0 amide bonds. The van der Waals surface area contributed by atoms with Gasteiger partial charge in [0.2, 0.25) is 5.78 Å². The Bertz CT molecular complexity index is 496. The van der Waals surface area contributed by atoms with Crippen LogP contribution in [0.5, 0.6) is 0 Å². The number of carbonyl (C=O) groups excluding carboxylic acids is 2. The van der Waals surface area contributed by atoms with Crippen molar-refractivity contribution >= 4 is 11.8 Å². The van der Waals surface area contributed by atoms with E-state index in [-0.39, 0.29) is 5.78 Å². The lowest BCUT2D eigenvalue weighted by Crippen LogP contribution is -2.31. The van der Waals surface area contributed by atoms with Crippen LogP contribution in [-0.2, 0) is 14.3 Å². The number of hydrogen-bond donors (Lipinski definition) is 0. The highest BCUT2D eigenvalue weighted by Crippen LogP contribution is 2.10. The topological polar surface area (TPSA) is 52.6 Å². The summed E-state index contributed by atoms with van der Waals surface area (Å²) in [5, 5.41) is 0. The molecule has 0 saturated heterocycles. The highest BCUT2D eigenvalue weighted by atomic mass is 19.1. The molecule has 0 spiro atoms. The van der Waals surface area contributed by atoms with Crippen LogP contribution in [0.4, 0.5) is 4.39 Å². The summed E-state index contributed by atoms with van der Waals surface area (Å²) in [5.41, 5.74) is 0.301. The first kappa shape index (κ1) is 18.3. The van der Waals surface area contributed by atoms with Gasteiger partial charge < -0.3 is 9.47 Å². The Morgan fingerprint density at radius 3 is 2.18 bits per heavy atom. The van der Waals surface area contributed by atoms with Gasteiger partial charge in [0.25, 0.3) is 0 Å². The smallest absolute Gasteiger partial charge is 0.335 e. The van der Waals surface area contributed by atoms with E-state index in [2.05, 4.69) is 13.8 Å². The molecule has 0 aliphatic rings. The lowest BCUT2D eigenvalue weighted by atomic mass is 10.1. The Morgan fingerprint density at radius 1 is 1.05 bits per heavy atom. The number of ketones is 1. The van der Waals surface area contributed by atoms with E-state index < -0.39 is 24.0 Å². The van der Waals surface area contributed by atoms with Gasteiger partial charge in [0.05, 0.1) is 0 Å². The van der Waals surface area contributed by atoms with E-state index in [0.717, 1.165) is 6.42 Å². The average molecular weight is 310 g/mol. The maximum Gasteiger partial charge on any atom is 0.335 e. The molecule has 0 saturated carbocycles. The second-order valence-electron chi connectivity index (χ2n) is 5.65. The normalized spacial score (nSPS) is 13.7. The van der Waals surface area contributed by atoms with Crippen LogP contribution in [-0.4, -0.2) is 30.6 Å². The fraction of sp³-hybridized carbons (Fsp3) is 0.529. The van der Waals surface area contributed by atoms with E-state index in [9.17, 15) is 14.0 Å². The van der Waals surface area contributed by atoms with Crippen LogP contribution < -0.4 is 0 Å². The largest absolute Gasteiger partial charge is 0.452 e. The fourth-order valence-corrected chi connectivity index (χ4v) is 1.72. The Balaban J connectivity index is 2.49. The zero-order valence-electron chi connectivity index (χ0n) is 13.5. The van der Waals surface area contributed by atoms with E-state index in [4.69, 9.17) is 9.47 Å². The molecular weight excluding hydrogens is 287 g/mol. The molecule has 2 atom stereocenters. The first-order valence-electron chi connectivity index (χ1n) is 7.43. The fourth-order valence-electron chi connectivity index (χ4n) is 1.72. The SMILES string of the molecule is CC(C)CCOC(C)C(=O)OC(C)C(=O)c1ccc(F)cc1. The monoisotopic (exact) mass is 310 g/mol. The minimum absolute atomic E-state index is 0.301. The maximum atomic E-state index is 12.8. The number of carbonyl (C=O) groups is 2. The van der Waals surface area contributed by atoms with Gasteiger partial charge >= 0.3 is 5.97 Å². The van der Waals surface area contributed by atoms with Crippen LogP contribution >= 0.6 is 0 Å². The van der Waals surface area contributed by atoms with Crippen molar-refractivity contribution in [3.63, 3.8) is 0 Å². The first-order valence-corrected chi connectivity index (χ1v) is 7.43. The van der Waals surface area contributed by atoms with Gasteiger partial charge in [0, 0.05) is 12.2 Å². The van der Waals surface area contributed by atoms with Gasteiger partial charge in [0.15, 0.2) is 12.2 Å². The molecule has 4 nitrogen and oxygen atoms in total. The van der Waals surface area contributed by atoms with Crippen molar-refractivity contribution in [3.05, 3.63) is 35.6 Å². The van der Waals surface area contributed by atoms with E-state index in [1.54, 1.807) is 6.92 Å². The molecule has 0 radical (unpaired) electrons. The van der Waals surface area contributed by atoms with Crippen molar-refractivity contribution in [2.45, 2.75) is 46.3 Å². The molecule has 0 bridgehead atoms. The van der Waals surface area contributed by atoms with Crippen molar-refractivity contribution in [2.75, 3.05) is 6.61 Å². The summed E-state index contributed by atoms with van der Waals surface area (Å²) in [6.45, 7) is 7.68. The predicted molar refractivity (Wildman–Crippen MR) is 81.2 cm³/mol. The van der Waals surface area contributed by atoms with Crippen molar-refractivity contribution in [1.82, 2.24) is 0 Å². The quantitative estimate of drug-likeness (QED) is 0.545. The number of halogens is 1. The average Bonchev–Trinajstić information content (AvgIpc) is 2.46. The van der Waals surface area contributed by atoms with Gasteiger partial charge in [-0.25, -0.2) is 9.18 Å². The van der Waals surface area contributed by atoms with Gasteiger partial charge in [-0.15, -0.1) is 0 Å². The summed E-state index contributed by atoms with van der Waals surface area (Å²) in [6, 6.07) is 5.12. The third-order valence-corrected chi connectivity index (χ3v) is 3.19. The van der Waals surface area contributed by atoms with E-state index >= 15 is 0 Å². The molecule has 22 heavy (non-hydrogen) atoms. The molecule has 2 unspecified atom stereocenters. The molecular formula is C17H23FO4. The number of esters is 1. The Kier molecular flexibility index (Phi) is 7.18. The zero-order chi connectivity index (χ0) is 16.7. The van der Waals surface area contributed by atoms with Gasteiger partial charge in [-0.05, 0) is 50.5 Å². The Hall–Kier alpha value is -1.75. The Labute approximate surface area is 130 Å². The minimum atomic E-state index is -0.936. The van der Waals surface area contributed by atoms with Gasteiger partial charge in [-0.1, -0.05) is 13.8 Å². The third kappa shape index (κ3) is 5.93. The number of benzene rings is 1. The van der Waals surface area contributed by atoms with Crippen LogP contribution in [0.15, 0.2) is 24.3 Å². The van der Waals surface area contributed by atoms with Crippen LogP contribution in [0, 0.1) is 11.7 Å². The van der Waals surface area contributed by atoms with Gasteiger partial charge in [-0.2, -0.15) is 0 Å². The standard InChI is InChI=1S/C17H23FO4/c1-11(2)9-10-21-13(4)17(20)22-12(3)16(19)14-5-7-15(18)8-6-14/h5-8,11-13H,9-10H2,1-4H3. The molecule has 0 aliphatic heterocycles. The molecule has 0 fully saturated rings. The lowest BCUT2D eigenvalue weighted by Gasteiger charge is -2.17. The molecule has 0 aromatic heterocycles. The predicted octanol–water partition coefficient (Wildman–Crippen LogP) is 3.39. The van der Waals surface area contributed by atoms with Crippen molar-refractivity contribution < 1.29 is 23.5 Å². The van der Waals surface area contributed by atoms with E-state index in [1.165, 1.54) is 31.2 Å². The molecule has 0 aliphatic carbocycles. The van der Waals surface area contributed by atoms with Crippen LogP contribution in [0.25, 0.3) is 0 Å². The molecule has 0 heterocycles. The lowest BCUT2D eigenvalue weighted by molar-refractivity contribution is -0.158. The van der Waals surface area contributed by atoms with Crippen LogP contribution in [0.2, 0.25) is 0 Å². The zero-order valence-corrected chi connectivity index (χ0v) is 13.5. The van der Waals surface area contributed by atoms with Gasteiger partial charge in [-0.3, -0.25) is 4.79 Å². The molecule has 122 valence electrons. The van der Waals surface area contributed by atoms with E-state index in [0.29, 0.717) is 18.1 Å². The molecule has 1 rings (SSSR count). The second-order valence-corrected chi connectivity index (χ2v) is 5.65. The number of rotatable bonds is 8. The van der Waals surface area contributed by atoms with Crippen molar-refractivity contribution in [2.24, 2.45) is 5.92 Å². The molecule has 0 N–H and O–H groups in total. The molecule has 1 aromatic rings. The number of ether oxygens (including phenoxy) is 2. The second kappa shape index (κ2) is 8.63. The maximum absolute atomic E-state index is 12.8. The Morgan fingerprint density at radius 2 is 1.64 bits per heavy atom. The van der Waals surface area contributed by atoms with E-state index in [1.807, 2.05) is 0 Å². The first-order chi connectivity index (χ1) is 10.3. The van der Waals surface area contributed by atoms with Crippen LogP contribution in [0.3, 0.4) is 0 Å². The highest BCUT2D eigenvalue weighted by molar-refractivity contribution is 6.00.